The van der Waals surface area contributed by atoms with Crippen LogP contribution in [0.15, 0.2) is 0 Å². The van der Waals surface area contributed by atoms with Crippen LogP contribution in [0, 0.1) is 11.8 Å². The van der Waals surface area contributed by atoms with E-state index in [2.05, 4.69) is 12.2 Å². The number of ether oxygens (including phenoxy) is 1. The molecule has 1 aliphatic heterocycles. The van der Waals surface area contributed by atoms with Crippen molar-refractivity contribution in [1.82, 2.24) is 5.32 Å². The SMILES string of the molecule is CC1CCCCC1OCC1CCNCC1. The molecule has 2 fully saturated rings. The molecule has 0 radical (unpaired) electrons. The largest absolute Gasteiger partial charge is 0.378 e. The van der Waals surface area contributed by atoms with E-state index in [4.69, 9.17) is 4.74 Å². The van der Waals surface area contributed by atoms with Gasteiger partial charge in [0.05, 0.1) is 6.10 Å². The van der Waals surface area contributed by atoms with Crippen molar-refractivity contribution in [2.45, 2.75) is 51.6 Å². The Bertz CT molecular complexity index is 177. The molecule has 0 bridgehead atoms. The predicted molar refractivity (Wildman–Crippen MR) is 63.0 cm³/mol. The van der Waals surface area contributed by atoms with Crippen LogP contribution in [0.3, 0.4) is 0 Å². The molecule has 15 heavy (non-hydrogen) atoms. The van der Waals surface area contributed by atoms with Gasteiger partial charge < -0.3 is 10.1 Å². The highest BCUT2D eigenvalue weighted by molar-refractivity contribution is 4.74. The topological polar surface area (TPSA) is 21.3 Å². The molecule has 2 atom stereocenters. The third kappa shape index (κ3) is 3.46. The van der Waals surface area contributed by atoms with Gasteiger partial charge in [0, 0.05) is 6.61 Å². The molecular formula is C13H25NO. The highest BCUT2D eigenvalue weighted by atomic mass is 16.5. The van der Waals surface area contributed by atoms with Crippen molar-refractivity contribution in [3.05, 3.63) is 0 Å². The van der Waals surface area contributed by atoms with Crippen LogP contribution in [0.1, 0.15) is 45.4 Å². The Hall–Kier alpha value is -0.0800. The third-order valence-electron chi connectivity index (χ3n) is 4.04. The number of piperidine rings is 1. The molecule has 88 valence electrons. The van der Waals surface area contributed by atoms with E-state index in [9.17, 15) is 0 Å². The average molecular weight is 211 g/mol. The van der Waals surface area contributed by atoms with Crippen molar-refractivity contribution < 1.29 is 4.74 Å². The first kappa shape index (κ1) is 11.4. The lowest BCUT2D eigenvalue weighted by molar-refractivity contribution is -0.0258. The Kier molecular flexibility index (Phi) is 4.45. The van der Waals surface area contributed by atoms with Crippen molar-refractivity contribution in [2.75, 3.05) is 19.7 Å². The monoisotopic (exact) mass is 211 g/mol. The van der Waals surface area contributed by atoms with Crippen LogP contribution in [0.25, 0.3) is 0 Å². The molecular weight excluding hydrogens is 186 g/mol. The molecule has 0 spiro atoms. The summed E-state index contributed by atoms with van der Waals surface area (Å²) in [6.07, 6.45) is 8.63. The summed E-state index contributed by atoms with van der Waals surface area (Å²) in [4.78, 5) is 0. The molecule has 1 N–H and O–H groups in total. The molecule has 0 aromatic carbocycles. The maximum absolute atomic E-state index is 6.11. The zero-order valence-corrected chi connectivity index (χ0v) is 10.0. The lowest BCUT2D eigenvalue weighted by Gasteiger charge is -2.31. The first-order valence-electron chi connectivity index (χ1n) is 6.68. The van der Waals surface area contributed by atoms with E-state index in [0.29, 0.717) is 6.10 Å². The Morgan fingerprint density at radius 3 is 2.53 bits per heavy atom. The normalized spacial score (nSPS) is 34.2. The van der Waals surface area contributed by atoms with Crippen LogP contribution < -0.4 is 5.32 Å². The summed E-state index contributed by atoms with van der Waals surface area (Å²) in [7, 11) is 0. The van der Waals surface area contributed by atoms with Crippen LogP contribution >= 0.6 is 0 Å². The van der Waals surface area contributed by atoms with E-state index in [1.54, 1.807) is 0 Å². The molecule has 1 heterocycles. The van der Waals surface area contributed by atoms with E-state index in [1.807, 2.05) is 0 Å². The van der Waals surface area contributed by atoms with E-state index in [1.165, 1.54) is 51.6 Å². The summed E-state index contributed by atoms with van der Waals surface area (Å²) in [5.41, 5.74) is 0. The van der Waals surface area contributed by atoms with E-state index in [0.717, 1.165) is 18.4 Å². The zero-order valence-electron chi connectivity index (χ0n) is 10.0. The summed E-state index contributed by atoms with van der Waals surface area (Å²) in [6.45, 7) is 5.74. The molecule has 1 aliphatic carbocycles. The summed E-state index contributed by atoms with van der Waals surface area (Å²) < 4.78 is 6.11. The van der Waals surface area contributed by atoms with Gasteiger partial charge in [0.15, 0.2) is 0 Å². The second-order valence-electron chi connectivity index (χ2n) is 5.33. The number of hydrogen-bond donors (Lipinski definition) is 1. The fraction of sp³-hybridized carbons (Fsp3) is 1.00. The maximum atomic E-state index is 6.11. The Balaban J connectivity index is 1.67. The van der Waals surface area contributed by atoms with Crippen LogP contribution in [0.5, 0.6) is 0 Å². The van der Waals surface area contributed by atoms with Crippen molar-refractivity contribution in [3.8, 4) is 0 Å². The number of rotatable bonds is 3. The fourth-order valence-corrected chi connectivity index (χ4v) is 2.84. The standard InChI is InChI=1S/C13H25NO/c1-11-4-2-3-5-13(11)15-10-12-6-8-14-9-7-12/h11-14H,2-10H2,1H3. The average Bonchev–Trinajstić information content (AvgIpc) is 2.29. The second kappa shape index (κ2) is 5.86. The molecule has 0 aromatic rings. The lowest BCUT2D eigenvalue weighted by Crippen LogP contribution is -2.33. The van der Waals surface area contributed by atoms with E-state index in [-0.39, 0.29) is 0 Å². The molecule has 0 aromatic heterocycles. The smallest absolute Gasteiger partial charge is 0.0600 e. The highest BCUT2D eigenvalue weighted by Gasteiger charge is 2.23. The Labute approximate surface area is 93.8 Å². The first-order valence-corrected chi connectivity index (χ1v) is 6.68. The van der Waals surface area contributed by atoms with Gasteiger partial charge in [-0.05, 0) is 50.6 Å². The first-order chi connectivity index (χ1) is 7.36. The molecule has 2 aliphatic rings. The minimum atomic E-state index is 0.564. The molecule has 2 heteroatoms. The number of nitrogens with one attached hydrogen (secondary N) is 1. The van der Waals surface area contributed by atoms with Crippen molar-refractivity contribution >= 4 is 0 Å². The number of hydrogen-bond acceptors (Lipinski definition) is 2. The van der Waals surface area contributed by atoms with E-state index >= 15 is 0 Å². The van der Waals surface area contributed by atoms with Gasteiger partial charge in [0.1, 0.15) is 0 Å². The second-order valence-corrected chi connectivity index (χ2v) is 5.33. The van der Waals surface area contributed by atoms with Gasteiger partial charge >= 0.3 is 0 Å². The minimum absolute atomic E-state index is 0.564. The van der Waals surface area contributed by atoms with Gasteiger partial charge in [0.25, 0.3) is 0 Å². The van der Waals surface area contributed by atoms with Gasteiger partial charge in [-0.2, -0.15) is 0 Å². The van der Waals surface area contributed by atoms with Crippen LogP contribution in [0.2, 0.25) is 0 Å². The summed E-state index contributed by atoms with van der Waals surface area (Å²) >= 11 is 0. The Morgan fingerprint density at radius 2 is 1.80 bits per heavy atom. The van der Waals surface area contributed by atoms with Crippen molar-refractivity contribution in [3.63, 3.8) is 0 Å². The molecule has 2 unspecified atom stereocenters. The third-order valence-corrected chi connectivity index (χ3v) is 4.04. The maximum Gasteiger partial charge on any atom is 0.0600 e. The predicted octanol–water partition coefficient (Wildman–Crippen LogP) is 2.58. The van der Waals surface area contributed by atoms with Gasteiger partial charge in [-0.15, -0.1) is 0 Å². The molecule has 0 amide bonds. The minimum Gasteiger partial charge on any atom is -0.378 e. The van der Waals surface area contributed by atoms with Crippen LogP contribution in [0.4, 0.5) is 0 Å². The van der Waals surface area contributed by atoms with Crippen LogP contribution in [-0.4, -0.2) is 25.8 Å². The van der Waals surface area contributed by atoms with Gasteiger partial charge in [-0.1, -0.05) is 19.8 Å². The summed E-state index contributed by atoms with van der Waals surface area (Å²) in [5, 5.41) is 3.41. The molecule has 2 nitrogen and oxygen atoms in total. The molecule has 2 rings (SSSR count). The van der Waals surface area contributed by atoms with Gasteiger partial charge in [0.2, 0.25) is 0 Å². The summed E-state index contributed by atoms with van der Waals surface area (Å²) in [5.74, 6) is 1.61. The zero-order chi connectivity index (χ0) is 10.5. The fourth-order valence-electron chi connectivity index (χ4n) is 2.84. The quantitative estimate of drug-likeness (QED) is 0.774. The van der Waals surface area contributed by atoms with Gasteiger partial charge in [-0.3, -0.25) is 0 Å². The highest BCUT2D eigenvalue weighted by Crippen LogP contribution is 2.27. The molecule has 1 saturated carbocycles. The van der Waals surface area contributed by atoms with Crippen molar-refractivity contribution in [2.24, 2.45) is 11.8 Å². The Morgan fingerprint density at radius 1 is 1.07 bits per heavy atom. The van der Waals surface area contributed by atoms with Gasteiger partial charge in [-0.25, -0.2) is 0 Å². The van der Waals surface area contributed by atoms with Crippen molar-refractivity contribution in [1.29, 1.82) is 0 Å². The lowest BCUT2D eigenvalue weighted by atomic mass is 9.88. The van der Waals surface area contributed by atoms with E-state index < -0.39 is 0 Å². The molecule has 1 saturated heterocycles. The summed E-state index contributed by atoms with van der Waals surface area (Å²) in [6, 6.07) is 0. The van der Waals surface area contributed by atoms with Crippen LogP contribution in [-0.2, 0) is 4.74 Å².